The molecule has 1 aliphatic rings. The zero-order valence-corrected chi connectivity index (χ0v) is 18.0. The number of anilines is 1. The van der Waals surface area contributed by atoms with E-state index in [0.29, 0.717) is 13.0 Å². The van der Waals surface area contributed by atoms with Crippen molar-refractivity contribution >= 4 is 11.6 Å². The van der Waals surface area contributed by atoms with E-state index >= 15 is 0 Å². The third kappa shape index (κ3) is 4.44. The summed E-state index contributed by atoms with van der Waals surface area (Å²) in [6.07, 6.45) is -6.88. The number of methoxy groups -OCH3 is 1. The summed E-state index contributed by atoms with van der Waals surface area (Å²) in [6.45, 7) is 1.67. The van der Waals surface area contributed by atoms with Crippen molar-refractivity contribution in [2.45, 2.75) is 43.8 Å². The molecular weight excluding hydrogens is 465 g/mol. The van der Waals surface area contributed by atoms with Crippen molar-refractivity contribution in [2.24, 2.45) is 11.7 Å². The molecule has 1 aromatic heterocycles. The van der Waals surface area contributed by atoms with Gasteiger partial charge in [-0.05, 0) is 25.1 Å². The topological polar surface area (TPSA) is 107 Å². The van der Waals surface area contributed by atoms with Crippen LogP contribution < -0.4 is 15.8 Å². The number of aliphatic hydroxyl groups is 1. The Kier molecular flexibility index (Phi) is 6.02. The van der Waals surface area contributed by atoms with Crippen LogP contribution in [-0.4, -0.2) is 47.5 Å². The van der Waals surface area contributed by atoms with Gasteiger partial charge in [-0.3, -0.25) is 9.78 Å². The van der Waals surface area contributed by atoms with Gasteiger partial charge in [0.15, 0.2) is 17.2 Å². The molecule has 1 aliphatic heterocycles. The Labute approximate surface area is 196 Å². The molecule has 2 aromatic rings. The highest BCUT2D eigenvalue weighted by atomic mass is 19.4. The van der Waals surface area contributed by atoms with Gasteiger partial charge in [-0.2, -0.15) is 17.6 Å². The van der Waals surface area contributed by atoms with Gasteiger partial charge in [-0.15, -0.1) is 0 Å². The first-order chi connectivity index (χ1) is 17.0. The minimum Gasteiger partial charge on any atom is -0.493 e. The van der Waals surface area contributed by atoms with E-state index in [2.05, 4.69) is 15.0 Å². The quantitative estimate of drug-likeness (QED) is 0.534. The number of nitrogens with one attached hydrogen (secondary N) is 1. The molecule has 4 N–H and O–H groups in total. The van der Waals surface area contributed by atoms with E-state index in [0.717, 1.165) is 19.2 Å². The predicted molar refractivity (Wildman–Crippen MR) is 111 cm³/mol. The molecule has 0 unspecified atom stereocenters. The molecule has 5 atom stereocenters. The van der Waals surface area contributed by atoms with Crippen LogP contribution in [0.15, 0.2) is 30.5 Å². The lowest BCUT2D eigenvalue weighted by atomic mass is 9.77. The van der Waals surface area contributed by atoms with Gasteiger partial charge in [-0.1, -0.05) is 13.0 Å². The van der Waals surface area contributed by atoms with Crippen molar-refractivity contribution in [3.8, 4) is 5.75 Å². The normalized spacial score (nSPS) is 27.4. The average Bonchev–Trinajstić information content (AvgIpc) is 3.08. The zero-order chi connectivity index (χ0) is 27.9. The first-order valence-electron chi connectivity index (χ1n) is 11.6. The van der Waals surface area contributed by atoms with Gasteiger partial charge in [0.05, 0.1) is 28.7 Å². The number of rotatable bonds is 6. The molecule has 34 heavy (non-hydrogen) atoms. The first kappa shape index (κ1) is 21.7. The summed E-state index contributed by atoms with van der Waals surface area (Å²) in [5.74, 6) is -8.66. The molecule has 3 rings (SSSR count). The number of nitrogens with zero attached hydrogens (tertiary/aromatic N) is 1. The highest BCUT2D eigenvalue weighted by Crippen LogP contribution is 2.55. The van der Waals surface area contributed by atoms with Crippen molar-refractivity contribution in [3.63, 3.8) is 0 Å². The fourth-order valence-electron chi connectivity index (χ4n) is 3.95. The second-order valence-corrected chi connectivity index (χ2v) is 8.05. The van der Waals surface area contributed by atoms with E-state index in [4.69, 9.17) is 14.6 Å². The van der Waals surface area contributed by atoms with Crippen LogP contribution in [0.4, 0.5) is 27.6 Å². The number of aromatic nitrogens is 1. The van der Waals surface area contributed by atoms with Gasteiger partial charge < -0.3 is 25.6 Å². The number of nitrogens with two attached hydrogens (primary N) is 1. The maximum atomic E-state index is 14.7. The molecule has 1 fully saturated rings. The molecule has 1 aromatic carbocycles. The molecule has 0 saturated carbocycles. The van der Waals surface area contributed by atoms with Gasteiger partial charge in [0.2, 0.25) is 5.82 Å². The van der Waals surface area contributed by atoms with Crippen molar-refractivity contribution in [1.29, 1.82) is 0 Å². The SMILES string of the molecule is [2H]C([2H])([2H])Oc1c([C@H]2[C@H](C(=O)Nc3ccc([C@@H](O)CN)nc3)O[C@@](C)(C(F)(F)F)[C@H]2C)ccc(F)c1F. The Morgan fingerprint density at radius 2 is 2.09 bits per heavy atom. The maximum absolute atomic E-state index is 14.7. The summed E-state index contributed by atoms with van der Waals surface area (Å²) < 4.78 is 102. The van der Waals surface area contributed by atoms with E-state index < -0.39 is 71.7 Å². The Hall–Kier alpha value is -2.83. The van der Waals surface area contributed by atoms with E-state index in [9.17, 15) is 31.9 Å². The minimum atomic E-state index is -5.00. The molecule has 1 saturated heterocycles. The number of halogens is 5. The fraction of sp³-hybridized carbons (Fsp3) is 0.455. The van der Waals surface area contributed by atoms with E-state index in [1.54, 1.807) is 0 Å². The number of hydrogen-bond donors (Lipinski definition) is 3. The molecular formula is C22H24F5N3O4. The van der Waals surface area contributed by atoms with Crippen LogP contribution >= 0.6 is 0 Å². The van der Waals surface area contributed by atoms with Crippen LogP contribution in [0, 0.1) is 17.6 Å². The Bertz CT molecular complexity index is 1150. The summed E-state index contributed by atoms with van der Waals surface area (Å²) in [7, 11) is -3.28. The zero-order valence-electron chi connectivity index (χ0n) is 21.0. The van der Waals surface area contributed by atoms with Crippen LogP contribution in [0.25, 0.3) is 0 Å². The second-order valence-electron chi connectivity index (χ2n) is 8.05. The Morgan fingerprint density at radius 1 is 1.38 bits per heavy atom. The molecule has 1 amide bonds. The van der Waals surface area contributed by atoms with Crippen LogP contribution in [0.1, 0.15) is 41.2 Å². The second kappa shape index (κ2) is 9.43. The summed E-state index contributed by atoms with van der Waals surface area (Å²) in [4.78, 5) is 17.1. The van der Waals surface area contributed by atoms with Gasteiger partial charge >= 0.3 is 6.18 Å². The van der Waals surface area contributed by atoms with E-state index in [-0.39, 0.29) is 17.9 Å². The highest BCUT2D eigenvalue weighted by molar-refractivity contribution is 5.95. The highest BCUT2D eigenvalue weighted by Gasteiger charge is 2.65. The number of benzene rings is 1. The number of pyridine rings is 1. The molecule has 12 heteroatoms. The summed E-state index contributed by atoms with van der Waals surface area (Å²) in [5.41, 5.74) is 2.15. The number of alkyl halides is 3. The Morgan fingerprint density at radius 3 is 2.65 bits per heavy atom. The van der Waals surface area contributed by atoms with Crippen LogP contribution in [-0.2, 0) is 9.53 Å². The van der Waals surface area contributed by atoms with E-state index in [1.807, 2.05) is 0 Å². The average molecular weight is 492 g/mol. The van der Waals surface area contributed by atoms with Crippen molar-refractivity contribution in [3.05, 3.63) is 53.4 Å². The number of ether oxygens (including phenoxy) is 2. The number of carbonyl (C=O) groups excluding carboxylic acids is 1. The molecule has 0 radical (unpaired) electrons. The summed E-state index contributed by atoms with van der Waals surface area (Å²) in [6, 6.07) is 4.10. The third-order valence-corrected chi connectivity index (χ3v) is 6.09. The van der Waals surface area contributed by atoms with Crippen LogP contribution in [0.5, 0.6) is 5.75 Å². The summed E-state index contributed by atoms with van der Waals surface area (Å²) >= 11 is 0. The predicted octanol–water partition coefficient (Wildman–Crippen LogP) is 3.44. The largest absolute Gasteiger partial charge is 0.493 e. The lowest BCUT2D eigenvalue weighted by Crippen LogP contribution is -2.47. The van der Waals surface area contributed by atoms with Crippen molar-refractivity contribution in [1.82, 2.24) is 4.98 Å². The molecule has 0 bridgehead atoms. The number of carbonyl (C=O) groups is 1. The molecule has 2 heterocycles. The summed E-state index contributed by atoms with van der Waals surface area (Å²) in [5, 5.41) is 12.1. The van der Waals surface area contributed by atoms with Crippen LogP contribution in [0.3, 0.4) is 0 Å². The Balaban J connectivity index is 2.07. The molecule has 0 spiro atoms. The maximum Gasteiger partial charge on any atom is 0.417 e. The fourth-order valence-corrected chi connectivity index (χ4v) is 3.95. The van der Waals surface area contributed by atoms with Crippen LogP contribution in [0.2, 0.25) is 0 Å². The molecule has 0 aliphatic carbocycles. The third-order valence-electron chi connectivity index (χ3n) is 6.09. The van der Waals surface area contributed by atoms with Gasteiger partial charge in [0, 0.05) is 23.9 Å². The van der Waals surface area contributed by atoms with Gasteiger partial charge in [0.1, 0.15) is 12.2 Å². The van der Waals surface area contributed by atoms with Gasteiger partial charge in [-0.25, -0.2) is 4.39 Å². The number of aliphatic hydroxyl groups excluding tert-OH is 1. The minimum absolute atomic E-state index is 0.0258. The lowest BCUT2D eigenvalue weighted by molar-refractivity contribution is -0.272. The number of amides is 1. The van der Waals surface area contributed by atoms with Crippen molar-refractivity contribution < 1.29 is 45.4 Å². The monoisotopic (exact) mass is 492 g/mol. The van der Waals surface area contributed by atoms with E-state index in [1.165, 1.54) is 12.1 Å². The van der Waals surface area contributed by atoms with Gasteiger partial charge in [0.25, 0.3) is 5.91 Å². The lowest BCUT2D eigenvalue weighted by Gasteiger charge is -2.32. The number of hydrogen-bond acceptors (Lipinski definition) is 6. The first-order valence-corrected chi connectivity index (χ1v) is 10.1. The van der Waals surface area contributed by atoms with Crippen molar-refractivity contribution in [2.75, 3.05) is 18.9 Å². The standard InChI is InChI=1S/C22H24F5N3O4/c1-10-16(12-5-6-13(23)17(24)18(12)33-3)19(34-21(10,2)22(25,26)27)20(32)30-11-4-7-14(29-9-11)15(31)8-28/h4-7,9-10,15-16,19,31H,8,28H2,1-3H3,(H,30,32)/t10-,15-,16-,19+,21+/m0/s1/i3D3. The molecule has 7 nitrogen and oxygen atoms in total. The molecule has 186 valence electrons. The smallest absolute Gasteiger partial charge is 0.417 e.